The van der Waals surface area contributed by atoms with Crippen molar-refractivity contribution >= 4 is 11.6 Å². The number of anilines is 1. The van der Waals surface area contributed by atoms with Gasteiger partial charge in [0.15, 0.2) is 0 Å². The molecule has 1 aliphatic heterocycles. The highest BCUT2D eigenvalue weighted by molar-refractivity contribution is 5.93. The fraction of sp³-hybridized carbons (Fsp3) is 0.538. The van der Waals surface area contributed by atoms with Crippen molar-refractivity contribution in [3.05, 3.63) is 24.0 Å². The summed E-state index contributed by atoms with van der Waals surface area (Å²) in [4.78, 5) is 16.1. The first-order valence-corrected chi connectivity index (χ1v) is 6.38. The molecule has 5 heteroatoms. The van der Waals surface area contributed by atoms with Gasteiger partial charge in [-0.1, -0.05) is 6.92 Å². The Bertz CT molecular complexity index is 403. The second-order valence-electron chi connectivity index (χ2n) is 4.39. The van der Waals surface area contributed by atoms with Gasteiger partial charge >= 0.3 is 0 Å². The Kier molecular flexibility index (Phi) is 4.52. The lowest BCUT2D eigenvalue weighted by atomic mass is 10.2. The van der Waals surface area contributed by atoms with E-state index in [4.69, 9.17) is 4.74 Å². The number of rotatable bonds is 5. The summed E-state index contributed by atoms with van der Waals surface area (Å²) in [5.74, 6) is -0.134. The van der Waals surface area contributed by atoms with Crippen LogP contribution in [0.5, 0.6) is 0 Å². The number of hydrogen-bond acceptors (Lipinski definition) is 4. The van der Waals surface area contributed by atoms with Crippen molar-refractivity contribution in [1.29, 1.82) is 0 Å². The fourth-order valence-corrected chi connectivity index (χ4v) is 1.84. The first-order chi connectivity index (χ1) is 8.79. The first kappa shape index (κ1) is 12.8. The molecule has 18 heavy (non-hydrogen) atoms. The predicted octanol–water partition coefficient (Wildman–Crippen LogP) is 1.42. The minimum atomic E-state index is -0.134. The zero-order valence-corrected chi connectivity index (χ0v) is 10.6. The summed E-state index contributed by atoms with van der Waals surface area (Å²) in [5, 5.41) is 6.16. The van der Waals surface area contributed by atoms with Crippen LogP contribution >= 0.6 is 0 Å². The van der Waals surface area contributed by atoms with E-state index in [0.29, 0.717) is 12.3 Å². The third-order valence-corrected chi connectivity index (χ3v) is 2.84. The second-order valence-corrected chi connectivity index (χ2v) is 4.39. The van der Waals surface area contributed by atoms with E-state index in [2.05, 4.69) is 22.5 Å². The van der Waals surface area contributed by atoms with Crippen molar-refractivity contribution in [3.63, 3.8) is 0 Å². The van der Waals surface area contributed by atoms with Gasteiger partial charge in [0.1, 0.15) is 5.69 Å². The van der Waals surface area contributed by atoms with E-state index in [-0.39, 0.29) is 11.9 Å². The zero-order valence-electron chi connectivity index (χ0n) is 10.6. The molecule has 2 N–H and O–H groups in total. The predicted molar refractivity (Wildman–Crippen MR) is 69.7 cm³/mol. The molecule has 1 atom stereocenters. The van der Waals surface area contributed by atoms with Crippen LogP contribution in [-0.2, 0) is 4.74 Å². The van der Waals surface area contributed by atoms with Gasteiger partial charge in [0.2, 0.25) is 0 Å². The molecule has 0 spiro atoms. The van der Waals surface area contributed by atoms with Crippen molar-refractivity contribution in [2.45, 2.75) is 25.8 Å². The van der Waals surface area contributed by atoms with E-state index < -0.39 is 0 Å². The zero-order chi connectivity index (χ0) is 12.8. The lowest BCUT2D eigenvalue weighted by Gasteiger charge is -2.11. The van der Waals surface area contributed by atoms with Crippen LogP contribution in [0.4, 0.5) is 5.69 Å². The summed E-state index contributed by atoms with van der Waals surface area (Å²) < 4.78 is 5.22. The third kappa shape index (κ3) is 3.43. The van der Waals surface area contributed by atoms with Crippen molar-refractivity contribution in [2.75, 3.05) is 25.1 Å². The van der Waals surface area contributed by atoms with E-state index >= 15 is 0 Å². The number of pyridine rings is 1. The highest BCUT2D eigenvalue weighted by atomic mass is 16.5. The van der Waals surface area contributed by atoms with Gasteiger partial charge in [0.05, 0.1) is 12.6 Å². The van der Waals surface area contributed by atoms with Crippen LogP contribution in [0, 0.1) is 0 Å². The van der Waals surface area contributed by atoms with Crippen molar-refractivity contribution in [2.24, 2.45) is 0 Å². The summed E-state index contributed by atoms with van der Waals surface area (Å²) in [5.41, 5.74) is 1.38. The maximum atomic E-state index is 12.0. The number of aromatic nitrogens is 1. The minimum absolute atomic E-state index is 0.117. The Morgan fingerprint density at radius 1 is 1.61 bits per heavy atom. The van der Waals surface area contributed by atoms with Gasteiger partial charge in [-0.2, -0.15) is 0 Å². The SMILES string of the molecule is CCCNc1ccnc(C(=O)NC2CCOC2)c1. The molecule has 0 radical (unpaired) electrons. The molecule has 1 aromatic heterocycles. The van der Waals surface area contributed by atoms with Crippen molar-refractivity contribution < 1.29 is 9.53 Å². The van der Waals surface area contributed by atoms with Crippen LogP contribution in [-0.4, -0.2) is 36.7 Å². The first-order valence-electron chi connectivity index (χ1n) is 6.38. The number of hydrogen-bond donors (Lipinski definition) is 2. The van der Waals surface area contributed by atoms with Gasteiger partial charge in [-0.25, -0.2) is 0 Å². The lowest BCUT2D eigenvalue weighted by Crippen LogP contribution is -2.35. The van der Waals surface area contributed by atoms with Crippen molar-refractivity contribution in [1.82, 2.24) is 10.3 Å². The van der Waals surface area contributed by atoms with Crippen molar-refractivity contribution in [3.8, 4) is 0 Å². The number of carbonyl (C=O) groups excluding carboxylic acids is 1. The normalized spacial score (nSPS) is 18.6. The molecule has 1 amide bonds. The fourth-order valence-electron chi connectivity index (χ4n) is 1.84. The smallest absolute Gasteiger partial charge is 0.270 e. The number of carbonyl (C=O) groups is 1. The molecule has 1 fully saturated rings. The summed E-state index contributed by atoms with van der Waals surface area (Å²) in [6, 6.07) is 3.76. The molecule has 2 heterocycles. The van der Waals surface area contributed by atoms with Crippen LogP contribution in [0.3, 0.4) is 0 Å². The molecule has 0 bridgehead atoms. The van der Waals surface area contributed by atoms with E-state index in [1.54, 1.807) is 12.3 Å². The molecule has 0 aliphatic carbocycles. The molecular formula is C13H19N3O2. The summed E-state index contributed by atoms with van der Waals surface area (Å²) in [7, 11) is 0. The molecule has 1 unspecified atom stereocenters. The summed E-state index contributed by atoms with van der Waals surface area (Å²) in [6.07, 6.45) is 3.57. The minimum Gasteiger partial charge on any atom is -0.385 e. The molecule has 1 aromatic rings. The van der Waals surface area contributed by atoms with Crippen LogP contribution in [0.2, 0.25) is 0 Å². The largest absolute Gasteiger partial charge is 0.385 e. The molecule has 2 rings (SSSR count). The van der Waals surface area contributed by atoms with Gasteiger partial charge in [0.25, 0.3) is 5.91 Å². The number of amides is 1. The molecule has 1 saturated heterocycles. The second kappa shape index (κ2) is 6.35. The van der Waals surface area contributed by atoms with E-state index in [1.807, 2.05) is 6.07 Å². The highest BCUT2D eigenvalue weighted by Crippen LogP contribution is 2.09. The summed E-state index contributed by atoms with van der Waals surface area (Å²) >= 11 is 0. The topological polar surface area (TPSA) is 63.2 Å². The third-order valence-electron chi connectivity index (χ3n) is 2.84. The molecule has 0 aromatic carbocycles. The van der Waals surface area contributed by atoms with Gasteiger partial charge in [-0.05, 0) is 25.0 Å². The standard InChI is InChI=1S/C13H19N3O2/c1-2-5-14-10-3-6-15-12(8-10)13(17)16-11-4-7-18-9-11/h3,6,8,11H,2,4-5,7,9H2,1H3,(H,14,15)(H,16,17). The Labute approximate surface area is 107 Å². The van der Waals surface area contributed by atoms with Gasteiger partial charge in [-0.15, -0.1) is 0 Å². The Morgan fingerprint density at radius 3 is 3.22 bits per heavy atom. The highest BCUT2D eigenvalue weighted by Gasteiger charge is 2.19. The van der Waals surface area contributed by atoms with Gasteiger partial charge in [0, 0.05) is 25.0 Å². The van der Waals surface area contributed by atoms with Crippen LogP contribution in [0.1, 0.15) is 30.3 Å². The lowest BCUT2D eigenvalue weighted by molar-refractivity contribution is 0.0925. The number of ether oxygens (including phenoxy) is 1. The van der Waals surface area contributed by atoms with Gasteiger partial charge < -0.3 is 15.4 Å². The molecule has 1 aliphatic rings. The maximum Gasteiger partial charge on any atom is 0.270 e. The number of nitrogens with zero attached hydrogens (tertiary/aromatic N) is 1. The van der Waals surface area contributed by atoms with E-state index in [9.17, 15) is 4.79 Å². The Morgan fingerprint density at radius 2 is 2.50 bits per heavy atom. The Hall–Kier alpha value is -1.62. The Balaban J connectivity index is 1.96. The molecule has 0 saturated carbocycles. The average Bonchev–Trinajstić information content (AvgIpc) is 2.89. The van der Waals surface area contributed by atoms with Crippen LogP contribution in [0.25, 0.3) is 0 Å². The molecular weight excluding hydrogens is 230 g/mol. The van der Waals surface area contributed by atoms with Gasteiger partial charge in [-0.3, -0.25) is 9.78 Å². The summed E-state index contributed by atoms with van der Waals surface area (Å²) in [6.45, 7) is 4.30. The molecule has 98 valence electrons. The molecule has 5 nitrogen and oxygen atoms in total. The maximum absolute atomic E-state index is 12.0. The van der Waals surface area contributed by atoms with Crippen LogP contribution < -0.4 is 10.6 Å². The van der Waals surface area contributed by atoms with E-state index in [1.165, 1.54) is 0 Å². The number of nitrogens with one attached hydrogen (secondary N) is 2. The average molecular weight is 249 g/mol. The monoisotopic (exact) mass is 249 g/mol. The van der Waals surface area contributed by atoms with E-state index in [0.717, 1.165) is 31.7 Å². The quantitative estimate of drug-likeness (QED) is 0.828. The van der Waals surface area contributed by atoms with Crippen LogP contribution in [0.15, 0.2) is 18.3 Å².